The van der Waals surface area contributed by atoms with Crippen LogP contribution in [0.5, 0.6) is 0 Å². The molecule has 3 heteroatoms. The van der Waals surface area contributed by atoms with Crippen molar-refractivity contribution in [2.75, 3.05) is 6.54 Å². The zero-order valence-corrected chi connectivity index (χ0v) is 10.1. The number of rotatable bonds is 2. The molecule has 0 spiro atoms. The number of hydrogen-bond acceptors (Lipinski definition) is 2. The maximum absolute atomic E-state index is 4.70. The number of nitrogens with one attached hydrogen (secondary N) is 1. The van der Waals surface area contributed by atoms with Crippen LogP contribution in [0.25, 0.3) is 11.3 Å². The van der Waals surface area contributed by atoms with Crippen LogP contribution in [-0.4, -0.2) is 16.3 Å². The monoisotopic (exact) mass is 227 g/mol. The van der Waals surface area contributed by atoms with Crippen molar-refractivity contribution in [2.24, 2.45) is 0 Å². The predicted octanol–water partition coefficient (Wildman–Crippen LogP) is 2.22. The van der Waals surface area contributed by atoms with Crippen molar-refractivity contribution in [2.45, 2.75) is 26.4 Å². The molecule has 1 N–H and O–H groups in total. The van der Waals surface area contributed by atoms with E-state index < -0.39 is 0 Å². The highest BCUT2D eigenvalue weighted by atomic mass is 15.3. The summed E-state index contributed by atoms with van der Waals surface area (Å²) in [4.78, 5) is 0. The van der Waals surface area contributed by atoms with Crippen molar-refractivity contribution >= 4 is 0 Å². The lowest BCUT2D eigenvalue weighted by atomic mass is 10.0. The van der Waals surface area contributed by atoms with Gasteiger partial charge in [0.05, 0.1) is 11.4 Å². The van der Waals surface area contributed by atoms with Gasteiger partial charge in [0.25, 0.3) is 0 Å². The smallest absolute Gasteiger partial charge is 0.0801 e. The molecule has 1 aliphatic rings. The molecule has 17 heavy (non-hydrogen) atoms. The summed E-state index contributed by atoms with van der Waals surface area (Å²) >= 11 is 0. The van der Waals surface area contributed by atoms with Crippen LogP contribution in [0.15, 0.2) is 30.3 Å². The SMILES string of the molecule is CCn1nc2c(c1-c1ccccc1)CCNC2. The minimum atomic E-state index is 0.905. The third-order valence-corrected chi connectivity index (χ3v) is 3.32. The summed E-state index contributed by atoms with van der Waals surface area (Å²) in [6, 6.07) is 10.6. The molecule has 0 amide bonds. The summed E-state index contributed by atoms with van der Waals surface area (Å²) < 4.78 is 2.13. The van der Waals surface area contributed by atoms with E-state index in [1.807, 2.05) is 0 Å². The fourth-order valence-corrected chi connectivity index (χ4v) is 2.52. The second-order valence-corrected chi connectivity index (χ2v) is 4.38. The Labute approximate surface area is 101 Å². The fraction of sp³-hybridized carbons (Fsp3) is 0.357. The van der Waals surface area contributed by atoms with E-state index in [0.29, 0.717) is 0 Å². The first-order valence-corrected chi connectivity index (χ1v) is 6.25. The first-order valence-electron chi connectivity index (χ1n) is 6.25. The van der Waals surface area contributed by atoms with Gasteiger partial charge in [0.15, 0.2) is 0 Å². The van der Waals surface area contributed by atoms with Gasteiger partial charge in [0.2, 0.25) is 0 Å². The normalized spacial score (nSPS) is 14.6. The van der Waals surface area contributed by atoms with Crippen LogP contribution < -0.4 is 5.32 Å². The van der Waals surface area contributed by atoms with Crippen LogP contribution in [0.1, 0.15) is 18.2 Å². The molecule has 0 bridgehead atoms. The molecule has 1 aliphatic heterocycles. The van der Waals surface area contributed by atoms with Gasteiger partial charge in [-0.25, -0.2) is 0 Å². The Morgan fingerprint density at radius 1 is 1.29 bits per heavy atom. The number of hydrogen-bond donors (Lipinski definition) is 1. The lowest BCUT2D eigenvalue weighted by molar-refractivity contribution is 0.609. The van der Waals surface area contributed by atoms with Gasteiger partial charge < -0.3 is 5.32 Å². The number of nitrogens with zero attached hydrogens (tertiary/aromatic N) is 2. The highest BCUT2D eigenvalue weighted by molar-refractivity contribution is 5.65. The summed E-state index contributed by atoms with van der Waals surface area (Å²) in [7, 11) is 0. The van der Waals surface area contributed by atoms with Gasteiger partial charge in [0.1, 0.15) is 0 Å². The van der Waals surface area contributed by atoms with Gasteiger partial charge in [-0.15, -0.1) is 0 Å². The summed E-state index contributed by atoms with van der Waals surface area (Å²) in [6.45, 7) is 5.04. The van der Waals surface area contributed by atoms with Crippen molar-refractivity contribution in [1.29, 1.82) is 0 Å². The highest BCUT2D eigenvalue weighted by Gasteiger charge is 2.20. The molecule has 0 atom stereocenters. The highest BCUT2D eigenvalue weighted by Crippen LogP contribution is 2.28. The number of benzene rings is 1. The molecule has 0 saturated carbocycles. The van der Waals surface area contributed by atoms with Crippen molar-refractivity contribution in [3.8, 4) is 11.3 Å². The third-order valence-electron chi connectivity index (χ3n) is 3.32. The Bertz CT molecular complexity index is 514. The van der Waals surface area contributed by atoms with Crippen LogP contribution in [0, 0.1) is 0 Å². The molecule has 1 aromatic carbocycles. The quantitative estimate of drug-likeness (QED) is 0.852. The van der Waals surface area contributed by atoms with E-state index in [4.69, 9.17) is 5.10 Å². The third kappa shape index (κ3) is 1.76. The second-order valence-electron chi connectivity index (χ2n) is 4.38. The molecule has 0 saturated heterocycles. The van der Waals surface area contributed by atoms with E-state index in [2.05, 4.69) is 47.3 Å². The predicted molar refractivity (Wildman–Crippen MR) is 68.7 cm³/mol. The number of aryl methyl sites for hydroxylation is 1. The van der Waals surface area contributed by atoms with Crippen molar-refractivity contribution in [1.82, 2.24) is 15.1 Å². The number of fused-ring (bicyclic) bond motifs is 1. The van der Waals surface area contributed by atoms with E-state index in [9.17, 15) is 0 Å². The van der Waals surface area contributed by atoms with E-state index in [-0.39, 0.29) is 0 Å². The molecule has 88 valence electrons. The summed E-state index contributed by atoms with van der Waals surface area (Å²) in [5, 5.41) is 8.08. The van der Waals surface area contributed by atoms with Crippen LogP contribution >= 0.6 is 0 Å². The number of aromatic nitrogens is 2. The van der Waals surface area contributed by atoms with Crippen LogP contribution in [0.3, 0.4) is 0 Å². The molecule has 3 nitrogen and oxygen atoms in total. The average Bonchev–Trinajstić information content (AvgIpc) is 2.78. The molecule has 0 aliphatic carbocycles. The lowest BCUT2D eigenvalue weighted by Gasteiger charge is -2.13. The van der Waals surface area contributed by atoms with Crippen LogP contribution in [0.4, 0.5) is 0 Å². The van der Waals surface area contributed by atoms with Crippen LogP contribution in [0.2, 0.25) is 0 Å². The van der Waals surface area contributed by atoms with Gasteiger partial charge in [0, 0.05) is 24.2 Å². The minimum absolute atomic E-state index is 0.905. The zero-order valence-electron chi connectivity index (χ0n) is 10.1. The van der Waals surface area contributed by atoms with E-state index >= 15 is 0 Å². The van der Waals surface area contributed by atoms with Gasteiger partial charge in [-0.05, 0) is 19.9 Å². The van der Waals surface area contributed by atoms with Crippen molar-refractivity contribution in [3.63, 3.8) is 0 Å². The molecular weight excluding hydrogens is 210 g/mol. The summed E-state index contributed by atoms with van der Waals surface area (Å²) in [5.74, 6) is 0. The first-order chi connectivity index (χ1) is 8.40. The summed E-state index contributed by atoms with van der Waals surface area (Å²) in [5.41, 5.74) is 5.24. The molecule has 2 heterocycles. The fourth-order valence-electron chi connectivity index (χ4n) is 2.52. The Morgan fingerprint density at radius 3 is 2.88 bits per heavy atom. The van der Waals surface area contributed by atoms with Crippen LogP contribution in [-0.2, 0) is 19.5 Å². The summed E-state index contributed by atoms with van der Waals surface area (Å²) in [6.07, 6.45) is 1.08. The van der Waals surface area contributed by atoms with Crippen molar-refractivity contribution < 1.29 is 0 Å². The Hall–Kier alpha value is -1.61. The molecule has 2 aromatic rings. The maximum Gasteiger partial charge on any atom is 0.0801 e. The van der Waals surface area contributed by atoms with Gasteiger partial charge in [-0.1, -0.05) is 30.3 Å². The molecule has 0 fully saturated rings. The lowest BCUT2D eigenvalue weighted by Crippen LogP contribution is -2.23. The Kier molecular flexibility index (Phi) is 2.69. The Morgan fingerprint density at radius 2 is 2.12 bits per heavy atom. The zero-order chi connectivity index (χ0) is 11.7. The van der Waals surface area contributed by atoms with Gasteiger partial charge in [-0.3, -0.25) is 4.68 Å². The van der Waals surface area contributed by atoms with Gasteiger partial charge in [-0.2, -0.15) is 5.10 Å². The first kappa shape index (κ1) is 10.5. The topological polar surface area (TPSA) is 29.9 Å². The molecule has 1 aromatic heterocycles. The molecule has 0 unspecified atom stereocenters. The van der Waals surface area contributed by atoms with E-state index in [1.165, 1.54) is 22.5 Å². The van der Waals surface area contributed by atoms with E-state index in [1.54, 1.807) is 0 Å². The molecule has 3 rings (SSSR count). The largest absolute Gasteiger partial charge is 0.311 e. The van der Waals surface area contributed by atoms with Crippen molar-refractivity contribution in [3.05, 3.63) is 41.6 Å². The van der Waals surface area contributed by atoms with Gasteiger partial charge >= 0.3 is 0 Å². The second kappa shape index (κ2) is 4.34. The standard InChI is InChI=1S/C14H17N3/c1-2-17-14(11-6-4-3-5-7-11)12-8-9-15-10-13(12)16-17/h3-7,15H,2,8-10H2,1H3. The van der Waals surface area contributed by atoms with E-state index in [0.717, 1.165) is 26.1 Å². The molecule has 0 radical (unpaired) electrons. The maximum atomic E-state index is 4.70. The minimum Gasteiger partial charge on any atom is -0.311 e. The Balaban J connectivity index is 2.17. The average molecular weight is 227 g/mol. The molecular formula is C14H17N3.